The average molecular weight is 238 g/mol. The summed E-state index contributed by atoms with van der Waals surface area (Å²) in [4.78, 5) is 27.1. The molecule has 0 atom stereocenters. The topological polar surface area (TPSA) is 73.4 Å². The molecular formula is C12H18N2O3. The van der Waals surface area contributed by atoms with Gasteiger partial charge >= 0.3 is 0 Å². The third-order valence-electron chi connectivity index (χ3n) is 2.41. The summed E-state index contributed by atoms with van der Waals surface area (Å²) in [5.74, 6) is -0.515. The van der Waals surface area contributed by atoms with E-state index in [2.05, 4.69) is 4.98 Å². The molecule has 1 aromatic rings. The van der Waals surface area contributed by atoms with Gasteiger partial charge in [0.15, 0.2) is 0 Å². The Morgan fingerprint density at radius 3 is 2.41 bits per heavy atom. The minimum absolute atomic E-state index is 0.145. The van der Waals surface area contributed by atoms with Gasteiger partial charge in [-0.25, -0.2) is 0 Å². The first-order valence-corrected chi connectivity index (χ1v) is 5.81. The van der Waals surface area contributed by atoms with Crippen LogP contribution in [0.15, 0.2) is 17.1 Å². The van der Waals surface area contributed by atoms with Crippen molar-refractivity contribution >= 4 is 5.91 Å². The summed E-state index contributed by atoms with van der Waals surface area (Å²) in [6.07, 6.45) is 2.98. The maximum absolute atomic E-state index is 12.1. The third-order valence-corrected chi connectivity index (χ3v) is 2.41. The lowest BCUT2D eigenvalue weighted by atomic mass is 10.2. The number of nitrogens with zero attached hydrogens (tertiary/aromatic N) is 1. The highest BCUT2D eigenvalue weighted by atomic mass is 16.3. The largest absolute Gasteiger partial charge is 0.507 e. The maximum Gasteiger partial charge on any atom is 0.259 e. The number of aromatic amines is 1. The van der Waals surface area contributed by atoms with Crippen LogP contribution in [0.4, 0.5) is 0 Å². The van der Waals surface area contributed by atoms with Gasteiger partial charge in [-0.1, -0.05) is 13.8 Å². The molecule has 0 saturated carbocycles. The van der Waals surface area contributed by atoms with Crippen molar-refractivity contribution in [1.29, 1.82) is 0 Å². The van der Waals surface area contributed by atoms with E-state index in [-0.39, 0.29) is 17.2 Å². The van der Waals surface area contributed by atoms with Gasteiger partial charge in [-0.2, -0.15) is 0 Å². The summed E-state index contributed by atoms with van der Waals surface area (Å²) < 4.78 is 0. The molecule has 2 N–H and O–H groups in total. The highest BCUT2D eigenvalue weighted by Crippen LogP contribution is 2.15. The van der Waals surface area contributed by atoms with Gasteiger partial charge in [-0.3, -0.25) is 9.59 Å². The van der Waals surface area contributed by atoms with Crippen molar-refractivity contribution in [3.05, 3.63) is 28.2 Å². The second-order valence-corrected chi connectivity index (χ2v) is 3.89. The van der Waals surface area contributed by atoms with E-state index in [1.807, 2.05) is 13.8 Å². The molecule has 94 valence electrons. The van der Waals surface area contributed by atoms with Crippen molar-refractivity contribution in [3.8, 4) is 5.75 Å². The SMILES string of the molecule is CCCN(CCC)C(=O)c1c[nH]c(=O)cc1O. The fourth-order valence-electron chi connectivity index (χ4n) is 1.66. The predicted octanol–water partition coefficient (Wildman–Crippen LogP) is 1.34. The van der Waals surface area contributed by atoms with Crippen LogP contribution in [-0.2, 0) is 0 Å². The predicted molar refractivity (Wildman–Crippen MR) is 65.2 cm³/mol. The Morgan fingerprint density at radius 1 is 1.35 bits per heavy atom. The number of rotatable bonds is 5. The van der Waals surface area contributed by atoms with Crippen LogP contribution in [0, 0.1) is 0 Å². The summed E-state index contributed by atoms with van der Waals surface area (Å²) in [6.45, 7) is 5.27. The second-order valence-electron chi connectivity index (χ2n) is 3.89. The monoisotopic (exact) mass is 238 g/mol. The second kappa shape index (κ2) is 6.08. The molecule has 5 heteroatoms. The zero-order valence-electron chi connectivity index (χ0n) is 10.2. The van der Waals surface area contributed by atoms with Crippen molar-refractivity contribution in [2.75, 3.05) is 13.1 Å². The molecule has 0 aliphatic carbocycles. The Hall–Kier alpha value is -1.78. The Morgan fingerprint density at radius 2 is 1.94 bits per heavy atom. The van der Waals surface area contributed by atoms with E-state index >= 15 is 0 Å². The molecule has 0 aliphatic rings. The lowest BCUT2D eigenvalue weighted by Crippen LogP contribution is -2.32. The molecule has 1 aromatic heterocycles. The molecule has 0 spiro atoms. The molecular weight excluding hydrogens is 220 g/mol. The summed E-state index contributed by atoms with van der Waals surface area (Å²) in [7, 11) is 0. The Bertz CT molecular complexity index is 434. The van der Waals surface area contributed by atoms with Crippen molar-refractivity contribution in [3.63, 3.8) is 0 Å². The first-order valence-electron chi connectivity index (χ1n) is 5.81. The van der Waals surface area contributed by atoms with E-state index in [9.17, 15) is 14.7 Å². The molecule has 0 aromatic carbocycles. The van der Waals surface area contributed by atoms with E-state index in [4.69, 9.17) is 0 Å². The lowest BCUT2D eigenvalue weighted by molar-refractivity contribution is 0.0752. The fraction of sp³-hybridized carbons (Fsp3) is 0.500. The van der Waals surface area contributed by atoms with Crippen molar-refractivity contribution in [2.24, 2.45) is 0 Å². The van der Waals surface area contributed by atoms with Gasteiger partial charge in [0, 0.05) is 25.4 Å². The molecule has 17 heavy (non-hydrogen) atoms. The maximum atomic E-state index is 12.1. The molecule has 0 saturated heterocycles. The van der Waals surface area contributed by atoms with E-state index in [0.717, 1.165) is 18.9 Å². The molecule has 0 aliphatic heterocycles. The van der Waals surface area contributed by atoms with Crippen LogP contribution in [0.1, 0.15) is 37.0 Å². The zero-order chi connectivity index (χ0) is 12.8. The number of carbonyl (C=O) groups is 1. The highest BCUT2D eigenvalue weighted by molar-refractivity contribution is 5.96. The van der Waals surface area contributed by atoms with E-state index in [1.165, 1.54) is 6.20 Å². The van der Waals surface area contributed by atoms with Crippen LogP contribution in [-0.4, -0.2) is 34.0 Å². The van der Waals surface area contributed by atoms with Crippen molar-refractivity contribution in [1.82, 2.24) is 9.88 Å². The zero-order valence-corrected chi connectivity index (χ0v) is 10.2. The van der Waals surface area contributed by atoms with Gasteiger partial charge in [0.1, 0.15) is 5.75 Å². The number of aromatic hydroxyl groups is 1. The number of nitrogens with one attached hydrogen (secondary N) is 1. The first-order chi connectivity index (χ1) is 8.10. The molecule has 1 rings (SSSR count). The molecule has 0 radical (unpaired) electrons. The quantitative estimate of drug-likeness (QED) is 0.813. The minimum Gasteiger partial charge on any atom is -0.507 e. The van der Waals surface area contributed by atoms with Crippen LogP contribution < -0.4 is 5.56 Å². The van der Waals surface area contributed by atoms with Crippen molar-refractivity contribution < 1.29 is 9.90 Å². The van der Waals surface area contributed by atoms with Gasteiger partial charge in [-0.15, -0.1) is 0 Å². The Labute approximate surface area is 100 Å². The number of H-pyrrole nitrogens is 1. The minimum atomic E-state index is -0.420. The number of hydrogen-bond donors (Lipinski definition) is 2. The molecule has 5 nitrogen and oxygen atoms in total. The van der Waals surface area contributed by atoms with Crippen LogP contribution in [0.2, 0.25) is 0 Å². The van der Waals surface area contributed by atoms with Gasteiger partial charge in [-0.05, 0) is 12.8 Å². The van der Waals surface area contributed by atoms with Crippen LogP contribution >= 0.6 is 0 Å². The average Bonchev–Trinajstić information content (AvgIpc) is 2.28. The van der Waals surface area contributed by atoms with Gasteiger partial charge in [0.25, 0.3) is 11.5 Å². The molecule has 0 fully saturated rings. The highest BCUT2D eigenvalue weighted by Gasteiger charge is 2.17. The van der Waals surface area contributed by atoms with E-state index in [0.29, 0.717) is 13.1 Å². The fourth-order valence-corrected chi connectivity index (χ4v) is 1.66. The Balaban J connectivity index is 2.96. The molecule has 0 unspecified atom stereocenters. The number of carbonyl (C=O) groups excluding carboxylic acids is 1. The normalized spacial score (nSPS) is 10.2. The first kappa shape index (κ1) is 13.3. The third kappa shape index (κ3) is 3.34. The van der Waals surface area contributed by atoms with Crippen LogP contribution in [0.5, 0.6) is 5.75 Å². The number of pyridine rings is 1. The number of hydrogen-bond acceptors (Lipinski definition) is 3. The van der Waals surface area contributed by atoms with Gasteiger partial charge < -0.3 is 15.0 Å². The lowest BCUT2D eigenvalue weighted by Gasteiger charge is -2.21. The number of aromatic nitrogens is 1. The Kier molecular flexibility index (Phi) is 4.75. The molecule has 0 bridgehead atoms. The van der Waals surface area contributed by atoms with Crippen molar-refractivity contribution in [2.45, 2.75) is 26.7 Å². The van der Waals surface area contributed by atoms with Crippen LogP contribution in [0.25, 0.3) is 0 Å². The molecule has 1 amide bonds. The summed E-state index contributed by atoms with van der Waals surface area (Å²) in [6, 6.07) is 1.02. The van der Waals surface area contributed by atoms with Gasteiger partial charge in [0.2, 0.25) is 0 Å². The van der Waals surface area contributed by atoms with Gasteiger partial charge in [0.05, 0.1) is 5.56 Å². The van der Waals surface area contributed by atoms with Crippen LogP contribution in [0.3, 0.4) is 0 Å². The van der Waals surface area contributed by atoms with E-state index in [1.54, 1.807) is 4.90 Å². The standard InChI is InChI=1S/C12H18N2O3/c1-3-5-14(6-4-2)12(17)9-8-13-11(16)7-10(9)15/h7-8H,3-6H2,1-2H3,(H2,13,15,16). The summed E-state index contributed by atoms with van der Waals surface area (Å²) in [5.41, 5.74) is -0.275. The summed E-state index contributed by atoms with van der Waals surface area (Å²) >= 11 is 0. The molecule has 1 heterocycles. The smallest absolute Gasteiger partial charge is 0.259 e. The van der Waals surface area contributed by atoms with E-state index < -0.39 is 5.56 Å². The number of amides is 1. The summed E-state index contributed by atoms with van der Waals surface area (Å²) in [5, 5.41) is 9.58.